The average Bonchev–Trinajstić information content (AvgIpc) is 2.67. The summed E-state index contributed by atoms with van der Waals surface area (Å²) in [5.74, 6) is 0.392. The van der Waals surface area contributed by atoms with Crippen molar-refractivity contribution < 1.29 is 19.4 Å². The Morgan fingerprint density at radius 1 is 1.41 bits per heavy atom. The van der Waals surface area contributed by atoms with Crippen LogP contribution < -0.4 is 15.2 Å². The first-order chi connectivity index (χ1) is 8.11. The van der Waals surface area contributed by atoms with Crippen LogP contribution in [-0.2, 0) is 17.6 Å². The van der Waals surface area contributed by atoms with E-state index in [0.717, 1.165) is 23.3 Å². The van der Waals surface area contributed by atoms with Gasteiger partial charge in [-0.15, -0.1) is 0 Å². The first-order valence-electron chi connectivity index (χ1n) is 5.40. The van der Waals surface area contributed by atoms with E-state index in [4.69, 9.17) is 20.3 Å². The van der Waals surface area contributed by atoms with E-state index in [1.807, 2.05) is 0 Å². The zero-order valence-electron chi connectivity index (χ0n) is 9.60. The highest BCUT2D eigenvalue weighted by atomic mass is 16.5. The van der Waals surface area contributed by atoms with Gasteiger partial charge in [0.05, 0.1) is 7.11 Å². The Morgan fingerprint density at radius 2 is 2.00 bits per heavy atom. The zero-order chi connectivity index (χ0) is 12.4. The lowest BCUT2D eigenvalue weighted by molar-refractivity contribution is -0.139. The van der Waals surface area contributed by atoms with Crippen molar-refractivity contribution in [2.24, 2.45) is 5.73 Å². The van der Waals surface area contributed by atoms with Gasteiger partial charge in [-0.2, -0.15) is 0 Å². The molecule has 1 unspecified atom stereocenters. The van der Waals surface area contributed by atoms with E-state index < -0.39 is 5.97 Å². The normalized spacial score (nSPS) is 17.6. The Kier molecular flexibility index (Phi) is 3.19. The first kappa shape index (κ1) is 11.7. The number of ether oxygens (including phenoxy) is 2. The van der Waals surface area contributed by atoms with Gasteiger partial charge in [-0.3, -0.25) is 0 Å². The molecule has 17 heavy (non-hydrogen) atoms. The molecule has 1 aromatic carbocycles. The summed E-state index contributed by atoms with van der Waals surface area (Å²) in [7, 11) is 1.61. The third-order valence-electron chi connectivity index (χ3n) is 2.85. The van der Waals surface area contributed by atoms with Crippen LogP contribution in [0.4, 0.5) is 0 Å². The number of carboxylic acid groups (broad SMARTS) is 1. The summed E-state index contributed by atoms with van der Waals surface area (Å²) < 4.78 is 10.5. The standard InChI is InChI=1S/C12H15NO4/c1-16-10-2-3-11(17-6-12(14)15)9-5-7(13)4-8(9)10/h2-3,7H,4-6,13H2,1H3,(H,14,15). The molecule has 5 heteroatoms. The van der Waals surface area contributed by atoms with E-state index in [-0.39, 0.29) is 12.6 Å². The Hall–Kier alpha value is -1.75. The summed E-state index contributed by atoms with van der Waals surface area (Å²) in [6.07, 6.45) is 1.43. The van der Waals surface area contributed by atoms with E-state index in [1.54, 1.807) is 19.2 Å². The van der Waals surface area contributed by atoms with Crippen molar-refractivity contribution >= 4 is 5.97 Å². The topological polar surface area (TPSA) is 81.8 Å². The molecule has 0 aromatic heterocycles. The molecule has 1 aromatic rings. The van der Waals surface area contributed by atoms with Gasteiger partial charge < -0.3 is 20.3 Å². The minimum Gasteiger partial charge on any atom is -0.496 e. The second-order valence-corrected chi connectivity index (χ2v) is 4.07. The van der Waals surface area contributed by atoms with E-state index in [2.05, 4.69) is 0 Å². The molecule has 0 radical (unpaired) electrons. The van der Waals surface area contributed by atoms with Crippen LogP contribution >= 0.6 is 0 Å². The maximum absolute atomic E-state index is 10.5. The molecule has 0 aliphatic heterocycles. The van der Waals surface area contributed by atoms with Crippen LogP contribution in [0.3, 0.4) is 0 Å². The minimum atomic E-state index is -0.989. The Morgan fingerprint density at radius 3 is 2.59 bits per heavy atom. The number of methoxy groups -OCH3 is 1. The predicted molar refractivity (Wildman–Crippen MR) is 61.5 cm³/mol. The number of hydrogen-bond donors (Lipinski definition) is 2. The number of benzene rings is 1. The summed E-state index contributed by atoms with van der Waals surface area (Å²) in [6, 6.07) is 3.57. The second-order valence-electron chi connectivity index (χ2n) is 4.07. The fourth-order valence-corrected chi connectivity index (χ4v) is 2.16. The fraction of sp³-hybridized carbons (Fsp3) is 0.417. The SMILES string of the molecule is COc1ccc(OCC(=O)O)c2c1CC(N)C2. The molecule has 0 amide bonds. The van der Waals surface area contributed by atoms with E-state index in [1.165, 1.54) is 0 Å². The van der Waals surface area contributed by atoms with Gasteiger partial charge in [0, 0.05) is 17.2 Å². The van der Waals surface area contributed by atoms with Gasteiger partial charge in [0.2, 0.25) is 0 Å². The molecule has 3 N–H and O–H groups in total. The van der Waals surface area contributed by atoms with Crippen molar-refractivity contribution in [2.75, 3.05) is 13.7 Å². The summed E-state index contributed by atoms with van der Waals surface area (Å²) in [5.41, 5.74) is 7.91. The maximum Gasteiger partial charge on any atom is 0.341 e. The van der Waals surface area contributed by atoms with Gasteiger partial charge in [0.15, 0.2) is 6.61 Å². The third-order valence-corrected chi connectivity index (χ3v) is 2.85. The number of carboxylic acids is 1. The van der Waals surface area contributed by atoms with Crippen LogP contribution in [0.2, 0.25) is 0 Å². The molecule has 2 rings (SSSR count). The number of hydrogen-bond acceptors (Lipinski definition) is 4. The number of aliphatic carboxylic acids is 1. The summed E-state index contributed by atoms with van der Waals surface area (Å²) in [4.78, 5) is 10.5. The van der Waals surface area contributed by atoms with Gasteiger partial charge in [0.1, 0.15) is 11.5 Å². The van der Waals surface area contributed by atoms with Crippen molar-refractivity contribution in [2.45, 2.75) is 18.9 Å². The summed E-state index contributed by atoms with van der Waals surface area (Å²) in [6.45, 7) is -0.339. The van der Waals surface area contributed by atoms with Crippen LogP contribution in [0, 0.1) is 0 Å². The molecule has 0 bridgehead atoms. The predicted octanol–water partition coefficient (Wildman–Crippen LogP) is 0.585. The van der Waals surface area contributed by atoms with Gasteiger partial charge in [-0.25, -0.2) is 4.79 Å². The summed E-state index contributed by atoms with van der Waals surface area (Å²) >= 11 is 0. The smallest absolute Gasteiger partial charge is 0.341 e. The maximum atomic E-state index is 10.5. The van der Waals surface area contributed by atoms with Crippen LogP contribution in [0.25, 0.3) is 0 Å². The second kappa shape index (κ2) is 4.63. The molecule has 0 spiro atoms. The van der Waals surface area contributed by atoms with Crippen LogP contribution in [0.1, 0.15) is 11.1 Å². The number of nitrogens with two attached hydrogens (primary N) is 1. The molecule has 1 aliphatic carbocycles. The third kappa shape index (κ3) is 2.34. The summed E-state index contributed by atoms with van der Waals surface area (Å²) in [5, 5.41) is 8.60. The Bertz CT molecular complexity index is 444. The van der Waals surface area contributed by atoms with Gasteiger partial charge in [-0.05, 0) is 25.0 Å². The number of rotatable bonds is 4. The van der Waals surface area contributed by atoms with Crippen molar-refractivity contribution in [3.05, 3.63) is 23.3 Å². The fourth-order valence-electron chi connectivity index (χ4n) is 2.16. The lowest BCUT2D eigenvalue weighted by atomic mass is 10.1. The highest BCUT2D eigenvalue weighted by molar-refractivity contribution is 5.68. The quantitative estimate of drug-likeness (QED) is 0.800. The van der Waals surface area contributed by atoms with Crippen molar-refractivity contribution in [3.8, 4) is 11.5 Å². The first-order valence-corrected chi connectivity index (χ1v) is 5.40. The van der Waals surface area contributed by atoms with Crippen LogP contribution in [0.5, 0.6) is 11.5 Å². The van der Waals surface area contributed by atoms with E-state index in [9.17, 15) is 4.79 Å². The Balaban J connectivity index is 2.30. The largest absolute Gasteiger partial charge is 0.496 e. The molecule has 0 fully saturated rings. The molecule has 0 saturated carbocycles. The van der Waals surface area contributed by atoms with Crippen molar-refractivity contribution in [3.63, 3.8) is 0 Å². The van der Waals surface area contributed by atoms with Gasteiger partial charge in [0.25, 0.3) is 0 Å². The van der Waals surface area contributed by atoms with Crippen molar-refractivity contribution in [1.29, 1.82) is 0 Å². The highest BCUT2D eigenvalue weighted by Crippen LogP contribution is 2.36. The Labute approximate surface area is 99.1 Å². The monoisotopic (exact) mass is 237 g/mol. The van der Waals surface area contributed by atoms with Crippen LogP contribution in [0.15, 0.2) is 12.1 Å². The van der Waals surface area contributed by atoms with Gasteiger partial charge >= 0.3 is 5.97 Å². The molecule has 92 valence electrons. The molecule has 0 saturated heterocycles. The molecular formula is C12H15NO4. The number of fused-ring (bicyclic) bond motifs is 1. The average molecular weight is 237 g/mol. The zero-order valence-corrected chi connectivity index (χ0v) is 9.60. The van der Waals surface area contributed by atoms with Gasteiger partial charge in [-0.1, -0.05) is 0 Å². The van der Waals surface area contributed by atoms with Crippen LogP contribution in [-0.4, -0.2) is 30.8 Å². The number of carbonyl (C=O) groups is 1. The lowest BCUT2D eigenvalue weighted by Crippen LogP contribution is -2.19. The molecule has 1 aliphatic rings. The molecular weight excluding hydrogens is 222 g/mol. The minimum absolute atomic E-state index is 0.0495. The van der Waals surface area contributed by atoms with Crippen molar-refractivity contribution in [1.82, 2.24) is 0 Å². The molecule has 1 atom stereocenters. The highest BCUT2D eigenvalue weighted by Gasteiger charge is 2.25. The van der Waals surface area contributed by atoms with E-state index in [0.29, 0.717) is 12.2 Å². The van der Waals surface area contributed by atoms with E-state index >= 15 is 0 Å². The molecule has 5 nitrogen and oxygen atoms in total. The molecule has 0 heterocycles. The lowest BCUT2D eigenvalue weighted by Gasteiger charge is -2.12.